The molecule has 0 saturated heterocycles. The smallest absolute Gasteiger partial charge is 0.338 e. The van der Waals surface area contributed by atoms with E-state index >= 15 is 0 Å². The fraction of sp³-hybridized carbons (Fsp3) is 0.368. The summed E-state index contributed by atoms with van der Waals surface area (Å²) in [4.78, 5) is 35.6. The van der Waals surface area contributed by atoms with Crippen molar-refractivity contribution in [3.63, 3.8) is 0 Å². The van der Waals surface area contributed by atoms with E-state index in [0.717, 1.165) is 6.42 Å². The minimum Gasteiger partial charge on any atom is -0.449 e. The first kappa shape index (κ1) is 20.2. The molecule has 27 heavy (non-hydrogen) atoms. The monoisotopic (exact) mass is 372 g/mol. The number of esters is 1. The molecule has 8 nitrogen and oxygen atoms in total. The second kappa shape index (κ2) is 8.98. The van der Waals surface area contributed by atoms with E-state index in [4.69, 9.17) is 4.74 Å². The zero-order valence-corrected chi connectivity index (χ0v) is 15.9. The average Bonchev–Trinajstić information content (AvgIpc) is 3.09. The van der Waals surface area contributed by atoms with E-state index in [2.05, 4.69) is 15.7 Å². The van der Waals surface area contributed by atoms with Crippen LogP contribution in [-0.4, -0.2) is 33.7 Å². The second-order valence-corrected chi connectivity index (χ2v) is 6.21. The molecule has 0 radical (unpaired) electrons. The molecule has 2 rings (SSSR count). The molecule has 0 aliphatic heterocycles. The summed E-state index contributed by atoms with van der Waals surface area (Å²) < 4.78 is 6.94. The Morgan fingerprint density at radius 2 is 1.78 bits per heavy atom. The molecule has 0 saturated carbocycles. The summed E-state index contributed by atoms with van der Waals surface area (Å²) in [5, 5.41) is 9.54. The van der Waals surface area contributed by atoms with Gasteiger partial charge in [-0.15, -0.1) is 0 Å². The van der Waals surface area contributed by atoms with Crippen LogP contribution < -0.4 is 10.6 Å². The minimum absolute atomic E-state index is 0.135. The van der Waals surface area contributed by atoms with Crippen molar-refractivity contribution in [2.24, 2.45) is 0 Å². The molecule has 0 unspecified atom stereocenters. The van der Waals surface area contributed by atoms with Gasteiger partial charge in [-0.2, -0.15) is 5.10 Å². The van der Waals surface area contributed by atoms with Gasteiger partial charge in [0.05, 0.1) is 17.8 Å². The SMILES string of the molecule is CC[C@H](C)n1nccc1NC(=O)[C@@H](C)OC(=O)c1ccc(NC(C)=O)cc1. The molecule has 144 valence electrons. The summed E-state index contributed by atoms with van der Waals surface area (Å²) in [6, 6.07) is 8.06. The summed E-state index contributed by atoms with van der Waals surface area (Å²) in [6.45, 7) is 6.93. The highest BCUT2D eigenvalue weighted by atomic mass is 16.5. The van der Waals surface area contributed by atoms with Gasteiger partial charge in [0.25, 0.3) is 5.91 Å². The largest absolute Gasteiger partial charge is 0.449 e. The predicted molar refractivity (Wildman–Crippen MR) is 101 cm³/mol. The highest BCUT2D eigenvalue weighted by molar-refractivity contribution is 5.97. The number of carbonyl (C=O) groups is 3. The number of amides is 2. The zero-order chi connectivity index (χ0) is 20.0. The Labute approximate surface area is 157 Å². The molecule has 8 heteroatoms. The number of nitrogens with zero attached hydrogens (tertiary/aromatic N) is 2. The number of anilines is 2. The lowest BCUT2D eigenvalue weighted by Crippen LogP contribution is -2.31. The van der Waals surface area contributed by atoms with E-state index in [1.807, 2.05) is 13.8 Å². The van der Waals surface area contributed by atoms with Crippen LogP contribution in [0.3, 0.4) is 0 Å². The predicted octanol–water partition coefficient (Wildman–Crippen LogP) is 3.00. The molecule has 2 amide bonds. The summed E-state index contributed by atoms with van der Waals surface area (Å²) >= 11 is 0. The molecule has 0 aliphatic carbocycles. The van der Waals surface area contributed by atoms with Gasteiger partial charge in [0.1, 0.15) is 5.82 Å². The van der Waals surface area contributed by atoms with Crippen molar-refractivity contribution in [2.75, 3.05) is 10.6 Å². The van der Waals surface area contributed by atoms with Gasteiger partial charge < -0.3 is 15.4 Å². The van der Waals surface area contributed by atoms with Gasteiger partial charge in [0.15, 0.2) is 6.10 Å². The van der Waals surface area contributed by atoms with Gasteiger partial charge in [0.2, 0.25) is 5.91 Å². The number of nitrogens with one attached hydrogen (secondary N) is 2. The summed E-state index contributed by atoms with van der Waals surface area (Å²) in [5.41, 5.74) is 0.858. The second-order valence-electron chi connectivity index (χ2n) is 6.21. The van der Waals surface area contributed by atoms with E-state index in [1.165, 1.54) is 26.0 Å². The highest BCUT2D eigenvalue weighted by Gasteiger charge is 2.21. The zero-order valence-electron chi connectivity index (χ0n) is 15.9. The Morgan fingerprint density at radius 1 is 1.11 bits per heavy atom. The Hall–Kier alpha value is -3.16. The average molecular weight is 372 g/mol. The highest BCUT2D eigenvalue weighted by Crippen LogP contribution is 2.17. The van der Waals surface area contributed by atoms with E-state index < -0.39 is 18.0 Å². The Kier molecular flexibility index (Phi) is 6.70. The number of benzene rings is 1. The number of ether oxygens (including phenoxy) is 1. The van der Waals surface area contributed by atoms with Crippen LogP contribution in [0.25, 0.3) is 0 Å². The molecular weight excluding hydrogens is 348 g/mol. The molecule has 2 atom stereocenters. The molecule has 2 N–H and O–H groups in total. The van der Waals surface area contributed by atoms with Crippen molar-refractivity contribution in [1.82, 2.24) is 9.78 Å². The van der Waals surface area contributed by atoms with Crippen LogP contribution in [0.2, 0.25) is 0 Å². The van der Waals surface area contributed by atoms with Gasteiger partial charge >= 0.3 is 5.97 Å². The van der Waals surface area contributed by atoms with Crippen LogP contribution >= 0.6 is 0 Å². The van der Waals surface area contributed by atoms with Gasteiger partial charge in [-0.05, 0) is 44.5 Å². The minimum atomic E-state index is -0.979. The van der Waals surface area contributed by atoms with Crippen LogP contribution in [0, 0.1) is 0 Å². The third-order valence-corrected chi connectivity index (χ3v) is 4.02. The molecular formula is C19H24N4O4. The molecule has 0 fully saturated rings. The summed E-state index contributed by atoms with van der Waals surface area (Å²) in [5.74, 6) is -0.713. The standard InChI is InChI=1S/C19H24N4O4/c1-5-12(2)23-17(10-11-20-23)22-18(25)13(3)27-19(26)15-6-8-16(9-7-15)21-14(4)24/h6-13H,5H2,1-4H3,(H,21,24)(H,22,25)/t12-,13+/m0/s1. The van der Waals surface area contributed by atoms with E-state index in [0.29, 0.717) is 11.5 Å². The number of hydrogen-bond donors (Lipinski definition) is 2. The lowest BCUT2D eigenvalue weighted by Gasteiger charge is -2.17. The van der Waals surface area contributed by atoms with Gasteiger partial charge in [-0.1, -0.05) is 6.92 Å². The maximum absolute atomic E-state index is 12.3. The van der Waals surface area contributed by atoms with Crippen LogP contribution in [0.1, 0.15) is 50.5 Å². The lowest BCUT2D eigenvalue weighted by molar-refractivity contribution is -0.123. The van der Waals surface area contributed by atoms with Gasteiger partial charge in [-0.25, -0.2) is 9.48 Å². The van der Waals surface area contributed by atoms with Crippen LogP contribution in [-0.2, 0) is 14.3 Å². The fourth-order valence-corrected chi connectivity index (χ4v) is 2.34. The maximum Gasteiger partial charge on any atom is 0.338 e. The number of aromatic nitrogens is 2. The van der Waals surface area contributed by atoms with Crippen LogP contribution in [0.4, 0.5) is 11.5 Å². The molecule has 0 bridgehead atoms. The molecule has 0 aliphatic rings. The van der Waals surface area contributed by atoms with Crippen molar-refractivity contribution in [2.45, 2.75) is 46.3 Å². The van der Waals surface area contributed by atoms with Gasteiger partial charge in [-0.3, -0.25) is 9.59 Å². The molecule has 2 aromatic rings. The van der Waals surface area contributed by atoms with Crippen molar-refractivity contribution < 1.29 is 19.1 Å². The number of rotatable bonds is 7. The lowest BCUT2D eigenvalue weighted by atomic mass is 10.2. The molecule has 1 heterocycles. The normalized spacial score (nSPS) is 12.7. The Balaban J connectivity index is 1.96. The first-order valence-corrected chi connectivity index (χ1v) is 8.74. The van der Waals surface area contributed by atoms with Gasteiger partial charge in [0, 0.05) is 18.7 Å². The topological polar surface area (TPSA) is 102 Å². The van der Waals surface area contributed by atoms with Crippen molar-refractivity contribution >= 4 is 29.3 Å². The van der Waals surface area contributed by atoms with E-state index in [1.54, 1.807) is 29.1 Å². The number of hydrogen-bond acceptors (Lipinski definition) is 5. The van der Waals surface area contributed by atoms with Crippen LogP contribution in [0.15, 0.2) is 36.5 Å². The quantitative estimate of drug-likeness (QED) is 0.728. The molecule has 0 spiro atoms. The van der Waals surface area contributed by atoms with E-state index in [-0.39, 0.29) is 17.5 Å². The Bertz CT molecular complexity index is 813. The Morgan fingerprint density at radius 3 is 2.37 bits per heavy atom. The van der Waals surface area contributed by atoms with E-state index in [9.17, 15) is 14.4 Å². The summed E-state index contributed by atoms with van der Waals surface area (Å²) in [6.07, 6.45) is 1.49. The third kappa shape index (κ3) is 5.40. The first-order valence-electron chi connectivity index (χ1n) is 8.74. The molecule has 1 aromatic carbocycles. The fourth-order valence-electron chi connectivity index (χ4n) is 2.34. The molecule has 1 aromatic heterocycles. The third-order valence-electron chi connectivity index (χ3n) is 4.02. The van der Waals surface area contributed by atoms with Crippen molar-refractivity contribution in [1.29, 1.82) is 0 Å². The van der Waals surface area contributed by atoms with Crippen molar-refractivity contribution in [3.05, 3.63) is 42.1 Å². The first-order chi connectivity index (χ1) is 12.8. The maximum atomic E-state index is 12.3. The number of carbonyl (C=O) groups excluding carboxylic acids is 3. The summed E-state index contributed by atoms with van der Waals surface area (Å²) in [7, 11) is 0. The van der Waals surface area contributed by atoms with Crippen LogP contribution in [0.5, 0.6) is 0 Å². The van der Waals surface area contributed by atoms with Crippen molar-refractivity contribution in [3.8, 4) is 0 Å².